The van der Waals surface area contributed by atoms with Crippen LogP contribution in [-0.2, 0) is 16.0 Å². The van der Waals surface area contributed by atoms with Crippen molar-refractivity contribution in [2.45, 2.75) is 46.1 Å². The van der Waals surface area contributed by atoms with E-state index in [9.17, 15) is 19.5 Å². The molecule has 1 aromatic heterocycles. The van der Waals surface area contributed by atoms with Gasteiger partial charge in [0, 0.05) is 22.9 Å². The molecule has 2 aromatic carbocycles. The number of carboxylic acids is 1. The van der Waals surface area contributed by atoms with Crippen molar-refractivity contribution >= 4 is 22.8 Å². The molecule has 0 spiro atoms. The molecule has 0 radical (unpaired) electrons. The molecule has 168 valence electrons. The molecule has 3 aromatic rings. The van der Waals surface area contributed by atoms with Crippen LogP contribution in [0, 0.1) is 13.8 Å². The molecule has 0 saturated heterocycles. The first-order chi connectivity index (χ1) is 15.3. The van der Waals surface area contributed by atoms with E-state index in [1.807, 2.05) is 44.2 Å². The van der Waals surface area contributed by atoms with Gasteiger partial charge in [0.15, 0.2) is 6.61 Å². The van der Waals surface area contributed by atoms with Gasteiger partial charge in [-0.3, -0.25) is 4.79 Å². The smallest absolute Gasteiger partial charge is 0.340 e. The van der Waals surface area contributed by atoms with Crippen LogP contribution in [0.1, 0.15) is 42.0 Å². The Morgan fingerprint density at radius 3 is 2.47 bits per heavy atom. The molecule has 0 aliphatic carbocycles. The number of hydrogen-bond donors (Lipinski definition) is 2. The van der Waals surface area contributed by atoms with E-state index >= 15 is 0 Å². The molecule has 32 heavy (non-hydrogen) atoms. The zero-order valence-electron chi connectivity index (χ0n) is 18.4. The van der Waals surface area contributed by atoms with Gasteiger partial charge < -0.3 is 19.6 Å². The molecule has 2 N–H and O–H groups in total. The summed E-state index contributed by atoms with van der Waals surface area (Å²) >= 11 is 0. The molecule has 0 aliphatic rings. The van der Waals surface area contributed by atoms with E-state index in [0.717, 1.165) is 16.5 Å². The summed E-state index contributed by atoms with van der Waals surface area (Å²) in [5, 5.41) is 12.4. The predicted molar refractivity (Wildman–Crippen MR) is 121 cm³/mol. The highest BCUT2D eigenvalue weighted by Crippen LogP contribution is 2.30. The van der Waals surface area contributed by atoms with Crippen molar-refractivity contribution in [1.82, 2.24) is 5.32 Å². The SMILES string of the molecule is CCC[C@@H](NC(=O)COc1ccc2c(C)c(Cc3ccccc3)c(=O)oc2c1C)C(=O)O. The molecule has 0 aliphatic heterocycles. The second-order valence-corrected chi connectivity index (χ2v) is 7.76. The van der Waals surface area contributed by atoms with E-state index in [0.29, 0.717) is 41.7 Å². The van der Waals surface area contributed by atoms with E-state index in [1.165, 1.54) is 0 Å². The summed E-state index contributed by atoms with van der Waals surface area (Å²) in [6, 6.07) is 12.3. The van der Waals surface area contributed by atoms with Crippen LogP contribution in [0.4, 0.5) is 0 Å². The van der Waals surface area contributed by atoms with Crippen LogP contribution in [-0.4, -0.2) is 29.6 Å². The van der Waals surface area contributed by atoms with Gasteiger partial charge in [-0.15, -0.1) is 0 Å². The highest BCUT2D eigenvalue weighted by molar-refractivity contribution is 5.86. The zero-order chi connectivity index (χ0) is 23.3. The van der Waals surface area contributed by atoms with E-state index in [-0.39, 0.29) is 6.61 Å². The normalized spacial score (nSPS) is 11.8. The van der Waals surface area contributed by atoms with Gasteiger partial charge in [0.1, 0.15) is 17.4 Å². The maximum atomic E-state index is 12.7. The van der Waals surface area contributed by atoms with Crippen molar-refractivity contribution in [2.75, 3.05) is 6.61 Å². The first-order valence-electron chi connectivity index (χ1n) is 10.6. The number of carbonyl (C=O) groups is 2. The van der Waals surface area contributed by atoms with Crippen molar-refractivity contribution < 1.29 is 23.8 Å². The number of rotatable bonds is 9. The molecule has 0 fully saturated rings. The summed E-state index contributed by atoms with van der Waals surface area (Å²) in [6.07, 6.45) is 1.45. The van der Waals surface area contributed by atoms with Crippen LogP contribution in [0.25, 0.3) is 11.0 Å². The zero-order valence-corrected chi connectivity index (χ0v) is 18.4. The Labute approximate surface area is 186 Å². The minimum Gasteiger partial charge on any atom is -0.483 e. The van der Waals surface area contributed by atoms with Crippen LogP contribution in [0.3, 0.4) is 0 Å². The lowest BCUT2D eigenvalue weighted by Crippen LogP contribution is -2.42. The molecule has 7 nitrogen and oxygen atoms in total. The van der Waals surface area contributed by atoms with E-state index < -0.39 is 23.5 Å². The molecule has 3 rings (SSSR count). The number of amides is 1. The molecule has 1 heterocycles. The Bertz CT molecular complexity index is 1180. The Morgan fingerprint density at radius 2 is 1.81 bits per heavy atom. The van der Waals surface area contributed by atoms with Crippen LogP contribution in [0.5, 0.6) is 5.75 Å². The number of carboxylic acid groups (broad SMARTS) is 1. The second-order valence-electron chi connectivity index (χ2n) is 7.76. The van der Waals surface area contributed by atoms with E-state index in [2.05, 4.69) is 5.32 Å². The third kappa shape index (κ3) is 5.17. The number of carbonyl (C=O) groups excluding carboxylic acids is 1. The lowest BCUT2D eigenvalue weighted by molar-refractivity contribution is -0.142. The van der Waals surface area contributed by atoms with Gasteiger partial charge in [0.05, 0.1) is 0 Å². The van der Waals surface area contributed by atoms with E-state index in [4.69, 9.17) is 9.15 Å². The largest absolute Gasteiger partial charge is 0.483 e. The Balaban J connectivity index is 1.81. The predicted octanol–water partition coefficient (Wildman–Crippen LogP) is 3.75. The maximum absolute atomic E-state index is 12.7. The quantitative estimate of drug-likeness (QED) is 0.494. The molecule has 7 heteroatoms. The third-order valence-electron chi connectivity index (χ3n) is 5.45. The standard InChI is InChI=1S/C25H27NO6/c1-4-8-20(24(28)29)26-22(27)14-31-21-12-11-18-15(2)19(13-17-9-6-5-7-10-17)25(30)32-23(18)16(21)3/h5-7,9-12,20H,4,8,13-14H2,1-3H3,(H,26,27)(H,28,29)/t20-/m1/s1. The average molecular weight is 437 g/mol. The molecule has 0 saturated carbocycles. The van der Waals surface area contributed by atoms with Gasteiger partial charge >= 0.3 is 11.6 Å². The lowest BCUT2D eigenvalue weighted by Gasteiger charge is -2.15. The van der Waals surface area contributed by atoms with Crippen molar-refractivity contribution in [3.05, 3.63) is 75.1 Å². The van der Waals surface area contributed by atoms with Crippen molar-refractivity contribution in [1.29, 1.82) is 0 Å². The van der Waals surface area contributed by atoms with Crippen molar-refractivity contribution in [3.63, 3.8) is 0 Å². The summed E-state index contributed by atoms with van der Waals surface area (Å²) in [6.45, 7) is 5.16. The third-order valence-corrected chi connectivity index (χ3v) is 5.45. The number of ether oxygens (including phenoxy) is 1. The molecule has 1 amide bonds. The highest BCUT2D eigenvalue weighted by atomic mass is 16.5. The average Bonchev–Trinajstić information content (AvgIpc) is 2.77. The number of hydrogen-bond acceptors (Lipinski definition) is 5. The highest BCUT2D eigenvalue weighted by Gasteiger charge is 2.20. The topological polar surface area (TPSA) is 106 Å². The van der Waals surface area contributed by atoms with Gasteiger partial charge in [-0.1, -0.05) is 43.7 Å². The Kier molecular flexibility index (Phi) is 7.30. The van der Waals surface area contributed by atoms with Crippen molar-refractivity contribution in [3.8, 4) is 5.75 Å². The number of fused-ring (bicyclic) bond motifs is 1. The van der Waals surface area contributed by atoms with Gasteiger partial charge in [0.2, 0.25) is 0 Å². The number of nitrogens with one attached hydrogen (secondary N) is 1. The summed E-state index contributed by atoms with van der Waals surface area (Å²) in [7, 11) is 0. The maximum Gasteiger partial charge on any atom is 0.340 e. The van der Waals surface area contributed by atoms with Gasteiger partial charge in [-0.05, 0) is 43.5 Å². The fourth-order valence-electron chi connectivity index (χ4n) is 3.66. The summed E-state index contributed by atoms with van der Waals surface area (Å²) in [5.41, 5.74) is 3.08. The first-order valence-corrected chi connectivity index (χ1v) is 10.6. The first kappa shape index (κ1) is 23.1. The van der Waals surface area contributed by atoms with Crippen molar-refractivity contribution in [2.24, 2.45) is 0 Å². The van der Waals surface area contributed by atoms with Crippen LogP contribution < -0.4 is 15.7 Å². The second kappa shape index (κ2) is 10.1. The molecular formula is C25H27NO6. The molecular weight excluding hydrogens is 410 g/mol. The van der Waals surface area contributed by atoms with Gasteiger partial charge in [-0.2, -0.15) is 0 Å². The number of benzene rings is 2. The number of aliphatic carboxylic acids is 1. The number of aryl methyl sites for hydroxylation is 2. The minimum absolute atomic E-state index is 0.338. The van der Waals surface area contributed by atoms with Gasteiger partial charge in [0.25, 0.3) is 5.91 Å². The van der Waals surface area contributed by atoms with Crippen LogP contribution >= 0.6 is 0 Å². The summed E-state index contributed by atoms with van der Waals surface area (Å²) < 4.78 is 11.2. The minimum atomic E-state index is -1.08. The van der Waals surface area contributed by atoms with E-state index in [1.54, 1.807) is 19.1 Å². The monoisotopic (exact) mass is 437 g/mol. The fourth-order valence-corrected chi connectivity index (χ4v) is 3.66. The molecule has 1 atom stereocenters. The molecule has 0 unspecified atom stereocenters. The fraction of sp³-hybridized carbons (Fsp3) is 0.320. The van der Waals surface area contributed by atoms with Crippen LogP contribution in [0.2, 0.25) is 0 Å². The Morgan fingerprint density at radius 1 is 1.09 bits per heavy atom. The lowest BCUT2D eigenvalue weighted by atomic mass is 9.98. The van der Waals surface area contributed by atoms with Gasteiger partial charge in [-0.25, -0.2) is 9.59 Å². The van der Waals surface area contributed by atoms with Crippen LogP contribution in [0.15, 0.2) is 51.7 Å². The summed E-state index contributed by atoms with van der Waals surface area (Å²) in [4.78, 5) is 36.1. The summed E-state index contributed by atoms with van der Waals surface area (Å²) in [5.74, 6) is -1.21. The molecule has 0 bridgehead atoms. The Hall–Kier alpha value is -3.61.